The van der Waals surface area contributed by atoms with Crippen molar-refractivity contribution in [2.75, 3.05) is 0 Å². The first kappa shape index (κ1) is 15.9. The summed E-state index contributed by atoms with van der Waals surface area (Å²) in [6.45, 7) is 6.85. The Labute approximate surface area is 113 Å². The minimum atomic E-state index is -0.913. The lowest BCUT2D eigenvalue weighted by molar-refractivity contribution is 0.394. The van der Waals surface area contributed by atoms with Crippen molar-refractivity contribution in [3.63, 3.8) is 0 Å². The molecule has 1 atom stereocenters. The maximum Gasteiger partial charge on any atom is 0.187 e. The summed E-state index contributed by atoms with van der Waals surface area (Å²) in [4.78, 5) is 0. The number of rotatable bonds is 7. The van der Waals surface area contributed by atoms with Gasteiger partial charge in [-0.3, -0.25) is 0 Å². The molecule has 1 aromatic carbocycles. The Balaban J connectivity index is 2.40. The molecule has 1 aromatic rings. The molecule has 19 heavy (non-hydrogen) atoms. The largest absolute Gasteiger partial charge is 0.503 e. The molecule has 0 aliphatic rings. The lowest BCUT2D eigenvalue weighted by Crippen LogP contribution is -2.25. The van der Waals surface area contributed by atoms with Gasteiger partial charge in [0.25, 0.3) is 0 Å². The summed E-state index contributed by atoms with van der Waals surface area (Å²) in [5, 5.41) is 12.2. The first-order chi connectivity index (χ1) is 8.90. The molecule has 0 spiro atoms. The van der Waals surface area contributed by atoms with E-state index in [4.69, 9.17) is 5.11 Å². The molecule has 2 nitrogen and oxygen atoms in total. The van der Waals surface area contributed by atoms with Crippen molar-refractivity contribution in [3.8, 4) is 5.75 Å². The third-order valence-electron chi connectivity index (χ3n) is 3.15. The first-order valence-electron chi connectivity index (χ1n) is 6.80. The molecule has 0 aromatic heterocycles. The summed E-state index contributed by atoms with van der Waals surface area (Å²) in [6, 6.07) is 2.62. The van der Waals surface area contributed by atoms with Crippen molar-refractivity contribution >= 4 is 0 Å². The van der Waals surface area contributed by atoms with Crippen LogP contribution in [0.3, 0.4) is 0 Å². The zero-order valence-electron chi connectivity index (χ0n) is 11.8. The molecule has 0 saturated heterocycles. The van der Waals surface area contributed by atoms with Crippen LogP contribution in [0.25, 0.3) is 0 Å². The highest BCUT2D eigenvalue weighted by Crippen LogP contribution is 2.21. The van der Waals surface area contributed by atoms with E-state index < -0.39 is 17.4 Å². The van der Waals surface area contributed by atoms with E-state index >= 15 is 0 Å². The van der Waals surface area contributed by atoms with E-state index in [0.29, 0.717) is 24.1 Å². The van der Waals surface area contributed by atoms with E-state index in [1.807, 2.05) is 0 Å². The molecule has 1 unspecified atom stereocenters. The predicted molar refractivity (Wildman–Crippen MR) is 73.0 cm³/mol. The first-order valence-corrected chi connectivity index (χ1v) is 6.80. The highest BCUT2D eigenvalue weighted by atomic mass is 19.1. The molecule has 0 heterocycles. The van der Waals surface area contributed by atoms with Crippen LogP contribution in [0.4, 0.5) is 8.78 Å². The van der Waals surface area contributed by atoms with E-state index in [9.17, 15) is 8.78 Å². The number of phenolic OH excluding ortho intramolecular Hbond substituents is 1. The van der Waals surface area contributed by atoms with Crippen molar-refractivity contribution < 1.29 is 13.9 Å². The Hall–Kier alpha value is -1.16. The maximum absolute atomic E-state index is 13.1. The Bertz CT molecular complexity index is 384. The second-order valence-corrected chi connectivity index (χ2v) is 5.51. The molecule has 2 N–H and O–H groups in total. The molecule has 0 saturated carbocycles. The average Bonchev–Trinajstić information content (AvgIpc) is 2.32. The van der Waals surface area contributed by atoms with Crippen LogP contribution in [0.1, 0.15) is 45.6 Å². The Kier molecular flexibility index (Phi) is 6.22. The number of nitrogens with one attached hydrogen (secondary N) is 1. The number of phenols is 1. The third-order valence-corrected chi connectivity index (χ3v) is 3.15. The molecule has 0 amide bonds. The topological polar surface area (TPSA) is 32.3 Å². The highest BCUT2D eigenvalue weighted by molar-refractivity contribution is 5.29. The number of hydrogen-bond donors (Lipinski definition) is 2. The lowest BCUT2D eigenvalue weighted by atomic mass is 10.0. The van der Waals surface area contributed by atoms with Gasteiger partial charge in [0.2, 0.25) is 0 Å². The van der Waals surface area contributed by atoms with E-state index in [1.165, 1.54) is 6.42 Å². The monoisotopic (exact) mass is 271 g/mol. The van der Waals surface area contributed by atoms with Crippen molar-refractivity contribution in [2.24, 2.45) is 5.92 Å². The summed E-state index contributed by atoms with van der Waals surface area (Å²) in [5.41, 5.74) is 0.503. The molecule has 4 heteroatoms. The molecule has 0 aliphatic heterocycles. The fourth-order valence-electron chi connectivity index (χ4n) is 1.95. The lowest BCUT2D eigenvalue weighted by Gasteiger charge is -2.14. The number of hydrogen-bond acceptors (Lipinski definition) is 2. The number of halogens is 2. The van der Waals surface area contributed by atoms with Gasteiger partial charge in [-0.25, -0.2) is 8.78 Å². The van der Waals surface area contributed by atoms with Gasteiger partial charge in [-0.05, 0) is 37.0 Å². The molecular weight excluding hydrogens is 248 g/mol. The Morgan fingerprint density at radius 3 is 2.21 bits per heavy atom. The van der Waals surface area contributed by atoms with Crippen molar-refractivity contribution in [3.05, 3.63) is 29.3 Å². The minimum Gasteiger partial charge on any atom is -0.503 e. The summed E-state index contributed by atoms with van der Waals surface area (Å²) < 4.78 is 26.3. The van der Waals surface area contributed by atoms with Crippen LogP contribution >= 0.6 is 0 Å². The van der Waals surface area contributed by atoms with Crippen molar-refractivity contribution in [1.82, 2.24) is 5.32 Å². The molecule has 0 bridgehead atoms. The van der Waals surface area contributed by atoms with Crippen LogP contribution in [-0.2, 0) is 6.54 Å². The van der Waals surface area contributed by atoms with Gasteiger partial charge in [0.15, 0.2) is 17.4 Å². The van der Waals surface area contributed by atoms with Crippen LogP contribution < -0.4 is 5.32 Å². The quantitative estimate of drug-likeness (QED) is 0.786. The molecular formula is C15H23F2NO. The van der Waals surface area contributed by atoms with Crippen LogP contribution in [0.15, 0.2) is 12.1 Å². The van der Waals surface area contributed by atoms with Crippen LogP contribution in [0.5, 0.6) is 5.75 Å². The zero-order valence-corrected chi connectivity index (χ0v) is 11.8. The Morgan fingerprint density at radius 2 is 1.68 bits per heavy atom. The van der Waals surface area contributed by atoms with E-state index in [0.717, 1.165) is 25.0 Å². The SMILES string of the molecule is CC(C)CCCC(C)NCc1cc(F)c(O)c(F)c1. The predicted octanol–water partition coefficient (Wildman–Crippen LogP) is 3.97. The summed E-state index contributed by atoms with van der Waals surface area (Å²) in [5.74, 6) is -2.03. The minimum absolute atomic E-state index is 0.304. The van der Waals surface area contributed by atoms with Gasteiger partial charge in [0, 0.05) is 12.6 Å². The second-order valence-electron chi connectivity index (χ2n) is 5.51. The highest BCUT2D eigenvalue weighted by Gasteiger charge is 2.10. The van der Waals surface area contributed by atoms with Gasteiger partial charge in [0.1, 0.15) is 0 Å². The van der Waals surface area contributed by atoms with E-state index in [-0.39, 0.29) is 0 Å². The van der Waals surface area contributed by atoms with Gasteiger partial charge in [0.05, 0.1) is 0 Å². The smallest absolute Gasteiger partial charge is 0.187 e. The molecule has 0 aliphatic carbocycles. The molecule has 108 valence electrons. The summed E-state index contributed by atoms with van der Waals surface area (Å²) in [7, 11) is 0. The van der Waals surface area contributed by atoms with E-state index in [1.54, 1.807) is 0 Å². The number of benzene rings is 1. The number of aromatic hydroxyl groups is 1. The van der Waals surface area contributed by atoms with Crippen LogP contribution in [0, 0.1) is 17.6 Å². The Morgan fingerprint density at radius 1 is 1.11 bits per heavy atom. The van der Waals surface area contributed by atoms with E-state index in [2.05, 4.69) is 26.1 Å². The third kappa shape index (κ3) is 5.55. The zero-order chi connectivity index (χ0) is 14.4. The van der Waals surface area contributed by atoms with Gasteiger partial charge < -0.3 is 10.4 Å². The van der Waals surface area contributed by atoms with Gasteiger partial charge >= 0.3 is 0 Å². The van der Waals surface area contributed by atoms with Crippen LogP contribution in [-0.4, -0.2) is 11.1 Å². The van der Waals surface area contributed by atoms with Crippen LogP contribution in [0.2, 0.25) is 0 Å². The average molecular weight is 271 g/mol. The van der Waals surface area contributed by atoms with Crippen molar-refractivity contribution in [2.45, 2.75) is 52.6 Å². The van der Waals surface area contributed by atoms with Gasteiger partial charge in [-0.1, -0.05) is 26.7 Å². The standard InChI is InChI=1S/C15H23F2NO/c1-10(2)5-4-6-11(3)18-9-12-7-13(16)15(19)14(17)8-12/h7-8,10-11,18-19H,4-6,9H2,1-3H3. The summed E-state index contributed by atoms with van der Waals surface area (Å²) >= 11 is 0. The van der Waals surface area contributed by atoms with Gasteiger partial charge in [-0.2, -0.15) is 0 Å². The molecule has 0 radical (unpaired) electrons. The fraction of sp³-hybridized carbons (Fsp3) is 0.600. The fourth-order valence-corrected chi connectivity index (χ4v) is 1.95. The molecule has 1 rings (SSSR count). The molecule has 0 fully saturated rings. The van der Waals surface area contributed by atoms with Crippen molar-refractivity contribution in [1.29, 1.82) is 0 Å². The second kappa shape index (κ2) is 7.43. The van der Waals surface area contributed by atoms with Gasteiger partial charge in [-0.15, -0.1) is 0 Å². The maximum atomic E-state index is 13.1. The summed E-state index contributed by atoms with van der Waals surface area (Å²) in [6.07, 6.45) is 3.37. The normalized spacial score (nSPS) is 12.9.